The fourth-order valence-corrected chi connectivity index (χ4v) is 1.24. The number of ether oxygens (including phenoxy) is 1. The number of rotatable bonds is 1. The van der Waals surface area contributed by atoms with Gasteiger partial charge in [0.05, 0.1) is 0 Å². The summed E-state index contributed by atoms with van der Waals surface area (Å²) in [5, 5.41) is 9.16. The Bertz CT molecular complexity index is 400. The van der Waals surface area contributed by atoms with Crippen LogP contribution in [0.5, 0.6) is 0 Å². The highest BCUT2D eigenvalue weighted by molar-refractivity contribution is 5.99. The third kappa shape index (κ3) is 1.19. The van der Waals surface area contributed by atoms with Crippen molar-refractivity contribution in [2.24, 2.45) is 5.73 Å². The third-order valence-corrected chi connectivity index (χ3v) is 1.96. The molecule has 0 aromatic carbocycles. The molecule has 1 aromatic rings. The van der Waals surface area contributed by atoms with Crippen molar-refractivity contribution in [3.63, 3.8) is 0 Å². The molecule has 5 heteroatoms. The molecule has 2 rings (SSSR count). The molecular formula is C9H8N2O3. The minimum atomic E-state index is -0.835. The minimum absolute atomic E-state index is 0.225. The van der Waals surface area contributed by atoms with Crippen LogP contribution in [-0.4, -0.2) is 15.9 Å². The zero-order valence-electron chi connectivity index (χ0n) is 7.18. The molecule has 2 heterocycles. The fraction of sp³-hybridized carbons (Fsp3) is 0.111. The number of hydrogen-bond acceptors (Lipinski definition) is 5. The van der Waals surface area contributed by atoms with Crippen LogP contribution in [0.1, 0.15) is 11.7 Å². The van der Waals surface area contributed by atoms with E-state index in [2.05, 4.69) is 4.98 Å². The molecule has 0 fully saturated rings. The van der Waals surface area contributed by atoms with Gasteiger partial charge in [-0.1, -0.05) is 0 Å². The van der Waals surface area contributed by atoms with E-state index < -0.39 is 17.6 Å². The van der Waals surface area contributed by atoms with Gasteiger partial charge in [-0.25, -0.2) is 0 Å². The first-order valence-electron chi connectivity index (χ1n) is 3.99. The van der Waals surface area contributed by atoms with E-state index in [0.717, 1.165) is 0 Å². The lowest BCUT2D eigenvalue weighted by atomic mass is 10.1. The number of hydrogen-bond donors (Lipinski definition) is 2. The Kier molecular flexibility index (Phi) is 1.85. The number of aromatic nitrogens is 1. The molecule has 0 saturated carbocycles. The smallest absolute Gasteiger partial charge is 0.247 e. The zero-order valence-corrected chi connectivity index (χ0v) is 7.18. The standard InChI is InChI=1S/C9H8N2O3/c10-9-7(13)6(12)8(14-9)5-1-3-11-4-2-5/h1-4,8,13H,10H2. The first-order valence-corrected chi connectivity index (χ1v) is 3.99. The first-order chi connectivity index (χ1) is 6.70. The summed E-state index contributed by atoms with van der Waals surface area (Å²) in [5.74, 6) is -1.25. The van der Waals surface area contributed by atoms with Gasteiger partial charge in [0.1, 0.15) is 0 Å². The number of Topliss-reactive ketones (excluding diaryl/α,β-unsaturated/α-hetero) is 1. The van der Waals surface area contributed by atoms with E-state index in [1.165, 1.54) is 12.4 Å². The van der Waals surface area contributed by atoms with E-state index in [-0.39, 0.29) is 5.88 Å². The molecule has 1 aliphatic heterocycles. The third-order valence-electron chi connectivity index (χ3n) is 1.96. The second-order valence-corrected chi connectivity index (χ2v) is 2.86. The number of ketones is 1. The van der Waals surface area contributed by atoms with E-state index >= 15 is 0 Å². The van der Waals surface area contributed by atoms with Gasteiger partial charge >= 0.3 is 0 Å². The highest BCUT2D eigenvalue weighted by atomic mass is 16.5. The van der Waals surface area contributed by atoms with Crippen molar-refractivity contribution < 1.29 is 14.6 Å². The highest BCUT2D eigenvalue weighted by Gasteiger charge is 2.35. The van der Waals surface area contributed by atoms with E-state index in [1.54, 1.807) is 12.1 Å². The van der Waals surface area contributed by atoms with E-state index in [4.69, 9.17) is 15.6 Å². The number of nitrogens with two attached hydrogens (primary N) is 1. The van der Waals surface area contributed by atoms with Crippen molar-refractivity contribution in [3.8, 4) is 0 Å². The summed E-state index contributed by atoms with van der Waals surface area (Å²) in [4.78, 5) is 15.2. The summed E-state index contributed by atoms with van der Waals surface area (Å²) in [6.07, 6.45) is 2.24. The van der Waals surface area contributed by atoms with Crippen molar-refractivity contribution in [1.29, 1.82) is 0 Å². The average Bonchev–Trinajstić information content (AvgIpc) is 2.47. The number of pyridine rings is 1. The molecular weight excluding hydrogens is 184 g/mol. The molecule has 0 amide bonds. The van der Waals surface area contributed by atoms with Gasteiger partial charge in [-0.2, -0.15) is 0 Å². The molecule has 5 nitrogen and oxygen atoms in total. The zero-order chi connectivity index (χ0) is 10.1. The quantitative estimate of drug-likeness (QED) is 0.673. The fourth-order valence-electron chi connectivity index (χ4n) is 1.24. The van der Waals surface area contributed by atoms with Crippen LogP contribution in [0, 0.1) is 0 Å². The van der Waals surface area contributed by atoms with Crippen LogP contribution in [0.25, 0.3) is 0 Å². The number of aliphatic hydroxyl groups is 1. The van der Waals surface area contributed by atoms with Gasteiger partial charge < -0.3 is 15.6 Å². The predicted octanol–water partition coefficient (Wildman–Crippen LogP) is 0.408. The molecule has 0 saturated heterocycles. The van der Waals surface area contributed by atoms with Gasteiger partial charge in [-0.3, -0.25) is 9.78 Å². The SMILES string of the molecule is NC1=C(O)C(=O)C(c2ccncc2)O1. The van der Waals surface area contributed by atoms with Crippen molar-refractivity contribution in [2.75, 3.05) is 0 Å². The average molecular weight is 192 g/mol. The molecule has 0 aliphatic carbocycles. The predicted molar refractivity (Wildman–Crippen MR) is 46.9 cm³/mol. The van der Waals surface area contributed by atoms with Crippen molar-refractivity contribution in [1.82, 2.24) is 4.98 Å². The van der Waals surface area contributed by atoms with Crippen LogP contribution in [0.15, 0.2) is 36.2 Å². The van der Waals surface area contributed by atoms with E-state index in [1.807, 2.05) is 0 Å². The second-order valence-electron chi connectivity index (χ2n) is 2.86. The van der Waals surface area contributed by atoms with Gasteiger partial charge in [0.2, 0.25) is 17.4 Å². The van der Waals surface area contributed by atoms with Gasteiger partial charge in [-0.05, 0) is 12.1 Å². The number of aliphatic hydroxyl groups excluding tert-OH is 1. The summed E-state index contributed by atoms with van der Waals surface area (Å²) >= 11 is 0. The Morgan fingerprint density at radius 1 is 1.43 bits per heavy atom. The summed E-state index contributed by atoms with van der Waals surface area (Å²) in [7, 11) is 0. The van der Waals surface area contributed by atoms with E-state index in [0.29, 0.717) is 5.56 Å². The molecule has 1 aromatic heterocycles. The summed E-state index contributed by atoms with van der Waals surface area (Å²) in [6, 6.07) is 3.27. The summed E-state index contributed by atoms with van der Waals surface area (Å²) in [6.45, 7) is 0. The largest absolute Gasteiger partial charge is 0.501 e. The maximum absolute atomic E-state index is 11.4. The Balaban J connectivity index is 2.30. The number of carbonyl (C=O) groups excluding carboxylic acids is 1. The normalized spacial score (nSPS) is 21.1. The van der Waals surface area contributed by atoms with Crippen molar-refractivity contribution >= 4 is 5.78 Å². The maximum Gasteiger partial charge on any atom is 0.247 e. The van der Waals surface area contributed by atoms with Crippen LogP contribution in [-0.2, 0) is 9.53 Å². The molecule has 1 unspecified atom stereocenters. The lowest BCUT2D eigenvalue weighted by molar-refractivity contribution is -0.123. The Labute approximate surface area is 79.8 Å². The van der Waals surface area contributed by atoms with Crippen LogP contribution >= 0.6 is 0 Å². The molecule has 1 aliphatic rings. The van der Waals surface area contributed by atoms with E-state index in [9.17, 15) is 4.79 Å². The maximum atomic E-state index is 11.4. The Morgan fingerprint density at radius 2 is 2.07 bits per heavy atom. The van der Waals surface area contributed by atoms with Crippen LogP contribution in [0.3, 0.4) is 0 Å². The summed E-state index contributed by atoms with van der Waals surface area (Å²) < 4.78 is 5.00. The topological polar surface area (TPSA) is 85.4 Å². The molecule has 0 radical (unpaired) electrons. The van der Waals surface area contributed by atoms with Gasteiger partial charge in [-0.15, -0.1) is 0 Å². The Hall–Kier alpha value is -2.04. The molecule has 0 spiro atoms. The molecule has 0 bridgehead atoms. The summed E-state index contributed by atoms with van der Waals surface area (Å²) in [5.41, 5.74) is 5.89. The number of carbonyl (C=O) groups is 1. The van der Waals surface area contributed by atoms with Crippen LogP contribution < -0.4 is 5.73 Å². The molecule has 72 valence electrons. The lowest BCUT2D eigenvalue weighted by Crippen LogP contribution is -2.09. The molecule has 14 heavy (non-hydrogen) atoms. The lowest BCUT2D eigenvalue weighted by Gasteiger charge is -2.08. The molecule has 3 N–H and O–H groups in total. The minimum Gasteiger partial charge on any atom is -0.501 e. The second kappa shape index (κ2) is 3.02. The monoisotopic (exact) mass is 192 g/mol. The van der Waals surface area contributed by atoms with Crippen molar-refractivity contribution in [3.05, 3.63) is 41.7 Å². The van der Waals surface area contributed by atoms with Crippen LogP contribution in [0.2, 0.25) is 0 Å². The van der Waals surface area contributed by atoms with Crippen molar-refractivity contribution in [2.45, 2.75) is 6.10 Å². The molecule has 1 atom stereocenters. The Morgan fingerprint density at radius 3 is 2.57 bits per heavy atom. The number of nitrogens with zero attached hydrogens (tertiary/aromatic N) is 1. The van der Waals surface area contributed by atoms with Crippen LogP contribution in [0.4, 0.5) is 0 Å². The highest BCUT2D eigenvalue weighted by Crippen LogP contribution is 2.28. The first kappa shape index (κ1) is 8.55. The van der Waals surface area contributed by atoms with Gasteiger partial charge in [0.15, 0.2) is 6.10 Å². The van der Waals surface area contributed by atoms with Gasteiger partial charge in [0, 0.05) is 18.0 Å². The van der Waals surface area contributed by atoms with Gasteiger partial charge in [0.25, 0.3) is 0 Å².